The quantitative estimate of drug-likeness (QED) is 0.631. The minimum Gasteiger partial charge on any atom is -0.339 e. The number of aryl methyl sites for hydroxylation is 2. The minimum atomic E-state index is -0.251. The highest BCUT2D eigenvalue weighted by Gasteiger charge is 2.25. The van der Waals surface area contributed by atoms with Gasteiger partial charge in [0.15, 0.2) is 0 Å². The zero-order valence-electron chi connectivity index (χ0n) is 18.8. The van der Waals surface area contributed by atoms with Crippen LogP contribution in [0.4, 0.5) is 5.69 Å². The lowest BCUT2D eigenvalue weighted by atomic mass is 9.89. The first-order valence-electron chi connectivity index (χ1n) is 11.1. The molecular formula is C27H26N4O2. The molecule has 6 nitrogen and oxygen atoms in total. The average Bonchev–Trinajstić information content (AvgIpc) is 2.85. The lowest BCUT2D eigenvalue weighted by molar-refractivity contribution is 0.0712. The highest BCUT2D eigenvalue weighted by Crippen LogP contribution is 2.29. The molecule has 0 unspecified atom stereocenters. The van der Waals surface area contributed by atoms with E-state index in [0.717, 1.165) is 24.1 Å². The number of anilines is 1. The van der Waals surface area contributed by atoms with Crippen molar-refractivity contribution in [2.24, 2.45) is 0 Å². The van der Waals surface area contributed by atoms with Crippen molar-refractivity contribution in [3.63, 3.8) is 0 Å². The van der Waals surface area contributed by atoms with Crippen molar-refractivity contribution in [2.75, 3.05) is 18.4 Å². The lowest BCUT2D eigenvalue weighted by Crippen LogP contribution is -2.38. The van der Waals surface area contributed by atoms with E-state index in [1.165, 1.54) is 5.56 Å². The van der Waals surface area contributed by atoms with Crippen LogP contribution in [0, 0.1) is 25.2 Å². The monoisotopic (exact) mass is 438 g/mol. The molecule has 0 radical (unpaired) electrons. The predicted octanol–water partition coefficient (Wildman–Crippen LogP) is 4.84. The summed E-state index contributed by atoms with van der Waals surface area (Å²) in [5.74, 6) is 0.108. The SMILES string of the molecule is Cc1ccc(C(=O)Nc2cc(C(=O)N3CCC(c4ccc(C#N)cc4)CC3)ccc2C)cn1. The maximum Gasteiger partial charge on any atom is 0.257 e. The van der Waals surface area contributed by atoms with Gasteiger partial charge in [-0.3, -0.25) is 14.6 Å². The molecule has 33 heavy (non-hydrogen) atoms. The number of nitrogens with zero attached hydrogens (tertiary/aromatic N) is 3. The van der Waals surface area contributed by atoms with Crippen LogP contribution in [-0.2, 0) is 0 Å². The standard InChI is InChI=1S/C27H26N4O2/c1-18-3-7-23(15-25(18)30-26(32)24-8-4-19(2)29-17-24)27(33)31-13-11-22(12-14-31)21-9-5-20(16-28)6-10-21/h3-10,15,17,22H,11-14H2,1-2H3,(H,30,32). The van der Waals surface area contributed by atoms with Crippen molar-refractivity contribution in [2.45, 2.75) is 32.6 Å². The first-order chi connectivity index (χ1) is 15.9. The van der Waals surface area contributed by atoms with Gasteiger partial charge in [0.25, 0.3) is 11.8 Å². The minimum absolute atomic E-state index is 0.0271. The van der Waals surface area contributed by atoms with Crippen molar-refractivity contribution >= 4 is 17.5 Å². The number of likely N-dealkylation sites (tertiary alicyclic amines) is 1. The number of rotatable bonds is 4. The van der Waals surface area contributed by atoms with E-state index >= 15 is 0 Å². The van der Waals surface area contributed by atoms with Crippen LogP contribution in [0.15, 0.2) is 60.8 Å². The molecule has 0 saturated carbocycles. The molecule has 1 aliphatic heterocycles. The van der Waals surface area contributed by atoms with E-state index in [4.69, 9.17) is 5.26 Å². The number of aromatic nitrogens is 1. The van der Waals surface area contributed by atoms with E-state index in [1.54, 1.807) is 24.4 Å². The average molecular weight is 439 g/mol. The maximum atomic E-state index is 13.2. The van der Waals surface area contributed by atoms with Gasteiger partial charge in [0, 0.05) is 36.2 Å². The number of nitrogens with one attached hydrogen (secondary N) is 1. The van der Waals surface area contributed by atoms with Gasteiger partial charge in [-0.25, -0.2) is 0 Å². The van der Waals surface area contributed by atoms with Gasteiger partial charge in [0.2, 0.25) is 0 Å². The van der Waals surface area contributed by atoms with Crippen molar-refractivity contribution in [1.82, 2.24) is 9.88 Å². The van der Waals surface area contributed by atoms with Gasteiger partial charge in [-0.2, -0.15) is 5.26 Å². The molecule has 1 N–H and O–H groups in total. The first-order valence-corrected chi connectivity index (χ1v) is 11.1. The molecule has 2 heterocycles. The van der Waals surface area contributed by atoms with Crippen LogP contribution in [0.3, 0.4) is 0 Å². The van der Waals surface area contributed by atoms with Gasteiger partial charge >= 0.3 is 0 Å². The molecule has 1 saturated heterocycles. The summed E-state index contributed by atoms with van der Waals surface area (Å²) in [6.45, 7) is 5.12. The molecule has 1 aliphatic rings. The largest absolute Gasteiger partial charge is 0.339 e. The summed E-state index contributed by atoms with van der Waals surface area (Å²) in [5.41, 5.74) is 5.27. The van der Waals surface area contributed by atoms with Crippen LogP contribution in [0.5, 0.6) is 0 Å². The third-order valence-corrected chi connectivity index (χ3v) is 6.20. The van der Waals surface area contributed by atoms with E-state index in [0.29, 0.717) is 41.4 Å². The summed E-state index contributed by atoms with van der Waals surface area (Å²) in [6, 6.07) is 18.8. The second kappa shape index (κ2) is 9.66. The van der Waals surface area contributed by atoms with Crippen molar-refractivity contribution in [3.8, 4) is 6.07 Å². The Kier molecular flexibility index (Phi) is 6.50. The Bertz CT molecular complexity index is 1200. The van der Waals surface area contributed by atoms with E-state index < -0.39 is 0 Å². The Morgan fingerprint density at radius 3 is 2.33 bits per heavy atom. The number of nitriles is 1. The molecule has 0 atom stereocenters. The van der Waals surface area contributed by atoms with Gasteiger partial charge in [-0.1, -0.05) is 18.2 Å². The number of hydrogen-bond donors (Lipinski definition) is 1. The zero-order valence-corrected chi connectivity index (χ0v) is 18.8. The van der Waals surface area contributed by atoms with Crippen molar-refractivity contribution in [3.05, 3.63) is 94.3 Å². The Labute approximate surface area is 193 Å². The molecule has 0 bridgehead atoms. The Hall–Kier alpha value is -3.98. The third-order valence-electron chi connectivity index (χ3n) is 6.20. The van der Waals surface area contributed by atoms with Gasteiger partial charge in [-0.05, 0) is 80.1 Å². The zero-order chi connectivity index (χ0) is 23.4. The summed E-state index contributed by atoms with van der Waals surface area (Å²) >= 11 is 0. The molecule has 4 rings (SSSR count). The first kappa shape index (κ1) is 22.2. The molecule has 0 spiro atoms. The fourth-order valence-electron chi connectivity index (χ4n) is 4.11. The van der Waals surface area contributed by atoms with Gasteiger partial charge in [0.1, 0.15) is 0 Å². The fraction of sp³-hybridized carbons (Fsp3) is 0.259. The summed E-state index contributed by atoms with van der Waals surface area (Å²) in [6.07, 6.45) is 3.31. The number of pyridine rings is 1. The second-order valence-corrected chi connectivity index (χ2v) is 8.47. The number of amides is 2. The third kappa shape index (κ3) is 5.09. The molecule has 6 heteroatoms. The van der Waals surface area contributed by atoms with Gasteiger partial charge in [0.05, 0.1) is 17.2 Å². The van der Waals surface area contributed by atoms with Crippen molar-refractivity contribution in [1.29, 1.82) is 5.26 Å². The van der Waals surface area contributed by atoms with Crippen LogP contribution in [-0.4, -0.2) is 34.8 Å². The highest BCUT2D eigenvalue weighted by atomic mass is 16.2. The number of carbonyl (C=O) groups excluding carboxylic acids is 2. The Balaban J connectivity index is 1.42. The molecular weight excluding hydrogens is 412 g/mol. The smallest absolute Gasteiger partial charge is 0.257 e. The Morgan fingerprint density at radius 2 is 1.70 bits per heavy atom. The van der Waals surface area contributed by atoms with E-state index in [9.17, 15) is 9.59 Å². The number of hydrogen-bond acceptors (Lipinski definition) is 4. The maximum absolute atomic E-state index is 13.2. The van der Waals surface area contributed by atoms with Crippen LogP contribution in [0.2, 0.25) is 0 Å². The number of benzene rings is 2. The predicted molar refractivity (Wildman–Crippen MR) is 127 cm³/mol. The van der Waals surface area contributed by atoms with Crippen LogP contribution < -0.4 is 5.32 Å². The molecule has 1 fully saturated rings. The lowest BCUT2D eigenvalue weighted by Gasteiger charge is -2.32. The fourth-order valence-corrected chi connectivity index (χ4v) is 4.11. The highest BCUT2D eigenvalue weighted by molar-refractivity contribution is 6.05. The summed E-state index contributed by atoms with van der Waals surface area (Å²) in [5, 5.41) is 11.9. The molecule has 2 amide bonds. The van der Waals surface area contributed by atoms with Crippen molar-refractivity contribution < 1.29 is 9.59 Å². The summed E-state index contributed by atoms with van der Waals surface area (Å²) in [4.78, 5) is 31.8. The topological polar surface area (TPSA) is 86.1 Å². The van der Waals surface area contributed by atoms with Gasteiger partial charge in [-0.15, -0.1) is 0 Å². The van der Waals surface area contributed by atoms with E-state index in [2.05, 4.69) is 16.4 Å². The van der Waals surface area contributed by atoms with E-state index in [1.807, 2.05) is 55.1 Å². The number of carbonyl (C=O) groups is 2. The number of piperidine rings is 1. The molecule has 0 aliphatic carbocycles. The molecule has 3 aromatic rings. The van der Waals surface area contributed by atoms with E-state index in [-0.39, 0.29) is 11.8 Å². The van der Waals surface area contributed by atoms with Crippen LogP contribution in [0.25, 0.3) is 0 Å². The Morgan fingerprint density at radius 1 is 1.00 bits per heavy atom. The summed E-state index contributed by atoms with van der Waals surface area (Å²) in [7, 11) is 0. The normalized spacial score (nSPS) is 13.9. The molecule has 1 aromatic heterocycles. The second-order valence-electron chi connectivity index (χ2n) is 8.47. The summed E-state index contributed by atoms with van der Waals surface area (Å²) < 4.78 is 0. The van der Waals surface area contributed by atoms with Gasteiger partial charge < -0.3 is 10.2 Å². The molecule has 166 valence electrons. The van der Waals surface area contributed by atoms with Crippen LogP contribution >= 0.6 is 0 Å². The molecule has 2 aromatic carbocycles. The van der Waals surface area contributed by atoms with Crippen LogP contribution in [0.1, 0.15) is 61.9 Å².